The lowest BCUT2D eigenvalue weighted by atomic mass is 10.2. The molecule has 1 aromatic carbocycles. The molecule has 0 spiro atoms. The van der Waals surface area contributed by atoms with Crippen LogP contribution in [-0.2, 0) is 9.05 Å². The summed E-state index contributed by atoms with van der Waals surface area (Å²) in [5.41, 5.74) is 0.641. The normalized spacial score (nSPS) is 11.7. The van der Waals surface area contributed by atoms with Crippen LogP contribution >= 0.6 is 49.2 Å². The van der Waals surface area contributed by atoms with Gasteiger partial charge in [0.2, 0.25) is 0 Å². The van der Waals surface area contributed by atoms with E-state index in [9.17, 15) is 8.42 Å². The topological polar surface area (TPSA) is 34.1 Å². The summed E-state index contributed by atoms with van der Waals surface area (Å²) < 4.78 is 23.7. The molecule has 0 heterocycles. The number of hydrogen-bond donors (Lipinski definition) is 0. The van der Waals surface area contributed by atoms with Gasteiger partial charge in [-0.1, -0.05) is 6.07 Å². The third-order valence-electron chi connectivity index (χ3n) is 1.49. The fourth-order valence-electron chi connectivity index (χ4n) is 0.928. The van der Waals surface area contributed by atoms with Crippen molar-refractivity contribution in [2.24, 2.45) is 0 Å². The largest absolute Gasteiger partial charge is 0.262 e. The molecule has 0 fully saturated rings. The van der Waals surface area contributed by atoms with Gasteiger partial charge in [0, 0.05) is 14.3 Å². The minimum absolute atomic E-state index is 0.154. The van der Waals surface area contributed by atoms with Crippen LogP contribution in [0.5, 0.6) is 0 Å². The van der Waals surface area contributed by atoms with Crippen molar-refractivity contribution in [1.82, 2.24) is 0 Å². The van der Waals surface area contributed by atoms with Crippen molar-refractivity contribution >= 4 is 58.3 Å². The molecular formula is C7H5BrClIO2S. The first-order valence-electron chi connectivity index (χ1n) is 3.23. The van der Waals surface area contributed by atoms with E-state index in [4.69, 9.17) is 10.7 Å². The second-order valence-electron chi connectivity index (χ2n) is 2.45. The van der Waals surface area contributed by atoms with Crippen LogP contribution in [0.25, 0.3) is 0 Å². The molecule has 0 aliphatic heterocycles. The molecule has 0 unspecified atom stereocenters. The number of aryl methyl sites for hydroxylation is 1. The molecule has 0 amide bonds. The van der Waals surface area contributed by atoms with Crippen LogP contribution in [0.3, 0.4) is 0 Å². The van der Waals surface area contributed by atoms with E-state index in [2.05, 4.69) is 15.9 Å². The van der Waals surface area contributed by atoms with Crippen molar-refractivity contribution in [1.29, 1.82) is 0 Å². The molecule has 0 aliphatic carbocycles. The maximum absolute atomic E-state index is 11.2. The molecule has 13 heavy (non-hydrogen) atoms. The first kappa shape index (κ1) is 11.7. The highest BCUT2D eigenvalue weighted by Crippen LogP contribution is 2.32. The molecule has 0 aromatic heterocycles. The molecule has 0 bridgehead atoms. The number of hydrogen-bond acceptors (Lipinski definition) is 2. The molecule has 6 heteroatoms. The van der Waals surface area contributed by atoms with Gasteiger partial charge in [0.1, 0.15) is 4.90 Å². The lowest BCUT2D eigenvalue weighted by molar-refractivity contribution is 0.608. The van der Waals surface area contributed by atoms with Crippen LogP contribution in [0, 0.1) is 10.5 Å². The van der Waals surface area contributed by atoms with E-state index in [1.165, 1.54) is 0 Å². The highest BCUT2D eigenvalue weighted by Gasteiger charge is 2.18. The number of halogens is 3. The van der Waals surface area contributed by atoms with Crippen molar-refractivity contribution < 1.29 is 8.42 Å². The van der Waals surface area contributed by atoms with Gasteiger partial charge < -0.3 is 0 Å². The maximum Gasteiger partial charge on any atom is 0.262 e. The molecule has 1 aromatic rings. The standard InChI is InChI=1S/C7H5BrClIO2S/c1-4-2-3-5(10)6(8)7(4)13(9,11)12/h2-3H,1H3. The van der Waals surface area contributed by atoms with Crippen LogP contribution in [0.4, 0.5) is 0 Å². The van der Waals surface area contributed by atoms with Gasteiger partial charge in [-0.2, -0.15) is 0 Å². The maximum atomic E-state index is 11.2. The first-order valence-corrected chi connectivity index (χ1v) is 7.41. The van der Waals surface area contributed by atoms with Gasteiger partial charge in [0.15, 0.2) is 0 Å². The van der Waals surface area contributed by atoms with E-state index in [0.29, 0.717) is 10.0 Å². The fourth-order valence-corrected chi connectivity index (χ4v) is 4.30. The Labute approximate surface area is 103 Å². The quantitative estimate of drug-likeness (QED) is 0.540. The number of benzene rings is 1. The predicted molar refractivity (Wildman–Crippen MR) is 64.6 cm³/mol. The summed E-state index contributed by atoms with van der Waals surface area (Å²) in [5.74, 6) is 0. The lowest BCUT2D eigenvalue weighted by Gasteiger charge is -2.05. The minimum Gasteiger partial charge on any atom is -0.207 e. The zero-order valence-corrected chi connectivity index (χ0v) is 11.8. The highest BCUT2D eigenvalue weighted by molar-refractivity contribution is 14.1. The Bertz CT molecular complexity index is 444. The zero-order chi connectivity index (χ0) is 10.2. The van der Waals surface area contributed by atoms with Gasteiger partial charge in [-0.25, -0.2) is 8.42 Å². The van der Waals surface area contributed by atoms with Gasteiger partial charge >= 0.3 is 0 Å². The van der Waals surface area contributed by atoms with Gasteiger partial charge in [-0.05, 0) is 57.1 Å². The third-order valence-corrected chi connectivity index (χ3v) is 5.69. The van der Waals surface area contributed by atoms with E-state index in [0.717, 1.165) is 3.57 Å². The van der Waals surface area contributed by atoms with Crippen LogP contribution in [0.15, 0.2) is 21.5 Å². The minimum atomic E-state index is -3.67. The summed E-state index contributed by atoms with van der Waals surface area (Å²) in [7, 11) is 1.61. The van der Waals surface area contributed by atoms with E-state index in [-0.39, 0.29) is 4.90 Å². The van der Waals surface area contributed by atoms with Gasteiger partial charge in [0.05, 0.1) is 4.47 Å². The Morgan fingerprint density at radius 2 is 2.00 bits per heavy atom. The summed E-state index contributed by atoms with van der Waals surface area (Å²) in [4.78, 5) is 0.154. The Morgan fingerprint density at radius 3 is 2.38 bits per heavy atom. The second-order valence-corrected chi connectivity index (χ2v) is 6.90. The molecule has 0 atom stereocenters. The first-order chi connectivity index (χ1) is 5.84. The molecule has 0 aliphatic rings. The van der Waals surface area contributed by atoms with Gasteiger partial charge in [0.25, 0.3) is 9.05 Å². The molecule has 0 radical (unpaired) electrons. The van der Waals surface area contributed by atoms with Crippen molar-refractivity contribution in [3.63, 3.8) is 0 Å². The summed E-state index contributed by atoms with van der Waals surface area (Å²) >= 11 is 5.23. The fraction of sp³-hybridized carbons (Fsp3) is 0.143. The lowest BCUT2D eigenvalue weighted by Crippen LogP contribution is -1.97. The Morgan fingerprint density at radius 1 is 1.46 bits per heavy atom. The average Bonchev–Trinajstić information content (AvgIpc) is 1.95. The molecule has 0 N–H and O–H groups in total. The number of rotatable bonds is 1. The average molecular weight is 395 g/mol. The van der Waals surface area contributed by atoms with Gasteiger partial charge in [-0.3, -0.25) is 0 Å². The van der Waals surface area contributed by atoms with Crippen molar-refractivity contribution in [2.45, 2.75) is 11.8 Å². The van der Waals surface area contributed by atoms with Crippen LogP contribution < -0.4 is 0 Å². The van der Waals surface area contributed by atoms with Crippen molar-refractivity contribution in [3.05, 3.63) is 25.7 Å². The molecule has 0 saturated heterocycles. The van der Waals surface area contributed by atoms with E-state index >= 15 is 0 Å². The summed E-state index contributed by atoms with van der Waals surface area (Å²) in [6.07, 6.45) is 0. The Hall–Kier alpha value is 0.670. The molecular weight excluding hydrogens is 390 g/mol. The van der Waals surface area contributed by atoms with Crippen LogP contribution in [0.1, 0.15) is 5.56 Å². The van der Waals surface area contributed by atoms with Crippen LogP contribution in [0.2, 0.25) is 0 Å². The molecule has 72 valence electrons. The highest BCUT2D eigenvalue weighted by atomic mass is 127. The van der Waals surface area contributed by atoms with Gasteiger partial charge in [-0.15, -0.1) is 0 Å². The Kier molecular flexibility index (Phi) is 3.65. The molecule has 0 saturated carbocycles. The van der Waals surface area contributed by atoms with Crippen molar-refractivity contribution in [3.8, 4) is 0 Å². The van der Waals surface area contributed by atoms with E-state index in [1.54, 1.807) is 13.0 Å². The van der Waals surface area contributed by atoms with Crippen LogP contribution in [-0.4, -0.2) is 8.42 Å². The SMILES string of the molecule is Cc1ccc(I)c(Br)c1S(=O)(=O)Cl. The van der Waals surface area contributed by atoms with E-state index in [1.807, 2.05) is 28.7 Å². The molecule has 1 rings (SSSR count). The van der Waals surface area contributed by atoms with E-state index < -0.39 is 9.05 Å². The molecule has 2 nitrogen and oxygen atoms in total. The Balaban J connectivity index is 3.62. The van der Waals surface area contributed by atoms with Crippen molar-refractivity contribution in [2.75, 3.05) is 0 Å². The summed E-state index contributed by atoms with van der Waals surface area (Å²) in [5, 5.41) is 0. The summed E-state index contributed by atoms with van der Waals surface area (Å²) in [6.45, 7) is 1.70. The summed E-state index contributed by atoms with van der Waals surface area (Å²) in [6, 6.07) is 3.55. The predicted octanol–water partition coefficient (Wildman–Crippen LogP) is 3.29. The zero-order valence-electron chi connectivity index (χ0n) is 6.51. The second kappa shape index (κ2) is 4.04. The smallest absolute Gasteiger partial charge is 0.207 e. The monoisotopic (exact) mass is 394 g/mol. The third kappa shape index (κ3) is 2.57.